The number of aliphatic carboxylic acids is 1. The molecule has 1 aliphatic rings. The smallest absolute Gasteiger partial charge is 0.313 e. The molecule has 0 aliphatic carbocycles. The van der Waals surface area contributed by atoms with E-state index in [2.05, 4.69) is 10.2 Å². The molecule has 1 atom stereocenters. The first kappa shape index (κ1) is 16.1. The van der Waals surface area contributed by atoms with Gasteiger partial charge in [-0.1, -0.05) is 11.8 Å². The molecule has 0 saturated carbocycles. The van der Waals surface area contributed by atoms with E-state index >= 15 is 0 Å². The molecule has 1 fully saturated rings. The highest BCUT2D eigenvalue weighted by molar-refractivity contribution is 7.99. The maximum Gasteiger partial charge on any atom is 0.313 e. The number of carboxylic acid groups (broad SMARTS) is 1. The van der Waals surface area contributed by atoms with Gasteiger partial charge in [0.25, 0.3) is 0 Å². The highest BCUT2D eigenvalue weighted by Gasteiger charge is 2.23. The summed E-state index contributed by atoms with van der Waals surface area (Å²) in [5, 5.41) is 17.8. The van der Waals surface area contributed by atoms with Crippen molar-refractivity contribution >= 4 is 23.7 Å². The summed E-state index contributed by atoms with van der Waals surface area (Å²) in [4.78, 5) is 12.8. The van der Waals surface area contributed by atoms with E-state index in [1.54, 1.807) is 0 Å². The van der Waals surface area contributed by atoms with Crippen molar-refractivity contribution in [3.05, 3.63) is 0 Å². The molecule has 2 heterocycles. The van der Waals surface area contributed by atoms with E-state index in [0.29, 0.717) is 5.16 Å². The van der Waals surface area contributed by atoms with Gasteiger partial charge in [0.05, 0.1) is 11.9 Å². The molecule has 21 heavy (non-hydrogen) atoms. The third-order valence-corrected chi connectivity index (χ3v) is 4.26. The minimum absolute atomic E-state index is 0.0136. The Labute approximate surface area is 128 Å². The molecule has 0 bridgehead atoms. The summed E-state index contributed by atoms with van der Waals surface area (Å²) in [5.74, 6) is -0.110. The lowest BCUT2D eigenvalue weighted by molar-refractivity contribution is -0.133. The summed E-state index contributed by atoms with van der Waals surface area (Å²) < 4.78 is 7.62. The van der Waals surface area contributed by atoms with Gasteiger partial charge in [0.2, 0.25) is 5.95 Å². The van der Waals surface area contributed by atoms with Crippen LogP contribution in [0.3, 0.4) is 0 Å². The van der Waals surface area contributed by atoms with Gasteiger partial charge < -0.3 is 14.7 Å². The summed E-state index contributed by atoms with van der Waals surface area (Å²) in [7, 11) is 1.97. The highest BCUT2D eigenvalue weighted by Crippen LogP contribution is 2.26. The minimum Gasteiger partial charge on any atom is -0.481 e. The normalized spacial score (nSPS) is 18.4. The SMILES string of the molecule is CC(C)n1c(SCC(=O)O)nnc1N(C)CC1CCCO1. The molecule has 1 aliphatic heterocycles. The van der Waals surface area contributed by atoms with Gasteiger partial charge in [-0.25, -0.2) is 0 Å². The van der Waals surface area contributed by atoms with Gasteiger partial charge in [-0.05, 0) is 26.7 Å². The number of hydrogen-bond acceptors (Lipinski definition) is 6. The Morgan fingerprint density at radius 1 is 1.57 bits per heavy atom. The predicted molar refractivity (Wildman–Crippen MR) is 81.0 cm³/mol. The van der Waals surface area contributed by atoms with Crippen LogP contribution in [0.25, 0.3) is 0 Å². The van der Waals surface area contributed by atoms with Crippen LogP contribution in [0, 0.1) is 0 Å². The van der Waals surface area contributed by atoms with Crippen molar-refractivity contribution in [3.63, 3.8) is 0 Å². The van der Waals surface area contributed by atoms with E-state index in [1.165, 1.54) is 11.8 Å². The van der Waals surface area contributed by atoms with Gasteiger partial charge in [0.15, 0.2) is 5.16 Å². The molecule has 0 aromatic carbocycles. The van der Waals surface area contributed by atoms with Crippen LogP contribution in [-0.2, 0) is 9.53 Å². The summed E-state index contributed by atoms with van der Waals surface area (Å²) >= 11 is 1.20. The van der Waals surface area contributed by atoms with Crippen LogP contribution in [-0.4, -0.2) is 57.9 Å². The van der Waals surface area contributed by atoms with Gasteiger partial charge in [-0.15, -0.1) is 10.2 Å². The molecule has 7 nitrogen and oxygen atoms in total. The molecule has 8 heteroatoms. The Morgan fingerprint density at radius 3 is 2.90 bits per heavy atom. The number of ether oxygens (including phenoxy) is 1. The predicted octanol–water partition coefficient (Wildman–Crippen LogP) is 1.65. The van der Waals surface area contributed by atoms with Gasteiger partial charge in [-0.2, -0.15) is 0 Å². The molecular formula is C13H22N4O3S. The van der Waals surface area contributed by atoms with Crippen molar-refractivity contribution in [1.29, 1.82) is 0 Å². The molecule has 0 spiro atoms. The molecule has 2 rings (SSSR count). The van der Waals surface area contributed by atoms with Crippen molar-refractivity contribution in [2.24, 2.45) is 0 Å². The van der Waals surface area contributed by atoms with E-state index < -0.39 is 5.97 Å². The number of hydrogen-bond donors (Lipinski definition) is 1. The second-order valence-corrected chi connectivity index (χ2v) is 6.39. The van der Waals surface area contributed by atoms with Crippen molar-refractivity contribution in [2.75, 3.05) is 30.9 Å². The third kappa shape index (κ3) is 4.10. The molecule has 1 unspecified atom stereocenters. The van der Waals surface area contributed by atoms with Crippen molar-refractivity contribution in [2.45, 2.75) is 44.0 Å². The lowest BCUT2D eigenvalue weighted by Gasteiger charge is -2.23. The van der Waals surface area contributed by atoms with Gasteiger partial charge >= 0.3 is 5.97 Å². The number of rotatable bonds is 7. The second-order valence-electron chi connectivity index (χ2n) is 5.44. The lowest BCUT2D eigenvalue weighted by atomic mass is 10.2. The average Bonchev–Trinajstić information content (AvgIpc) is 3.04. The van der Waals surface area contributed by atoms with E-state index in [4.69, 9.17) is 9.84 Å². The number of thioether (sulfide) groups is 1. The zero-order valence-corrected chi connectivity index (χ0v) is 13.5. The Morgan fingerprint density at radius 2 is 2.33 bits per heavy atom. The molecule has 0 amide bonds. The molecule has 118 valence electrons. The van der Waals surface area contributed by atoms with Crippen LogP contribution in [0.4, 0.5) is 5.95 Å². The fourth-order valence-corrected chi connectivity index (χ4v) is 3.16. The van der Waals surface area contributed by atoms with Crippen molar-refractivity contribution in [1.82, 2.24) is 14.8 Å². The van der Waals surface area contributed by atoms with Crippen LogP contribution >= 0.6 is 11.8 Å². The summed E-state index contributed by atoms with van der Waals surface area (Å²) in [5.41, 5.74) is 0. The van der Waals surface area contributed by atoms with Crippen molar-refractivity contribution < 1.29 is 14.6 Å². The Bertz CT molecular complexity index is 486. The first-order valence-electron chi connectivity index (χ1n) is 7.11. The molecular weight excluding hydrogens is 292 g/mol. The summed E-state index contributed by atoms with van der Waals surface area (Å²) in [6.07, 6.45) is 2.41. The first-order chi connectivity index (χ1) is 9.99. The zero-order chi connectivity index (χ0) is 15.4. The Balaban J connectivity index is 2.11. The molecule has 1 N–H and O–H groups in total. The molecule has 1 aromatic rings. The van der Waals surface area contributed by atoms with E-state index in [-0.39, 0.29) is 17.9 Å². The number of anilines is 1. The summed E-state index contributed by atoms with van der Waals surface area (Å²) in [6, 6.07) is 0.165. The monoisotopic (exact) mass is 314 g/mol. The summed E-state index contributed by atoms with van der Waals surface area (Å²) in [6.45, 7) is 5.68. The lowest BCUT2D eigenvalue weighted by Crippen LogP contribution is -2.31. The van der Waals surface area contributed by atoms with E-state index in [9.17, 15) is 4.79 Å². The topological polar surface area (TPSA) is 80.5 Å². The number of likely N-dealkylation sites (N-methyl/N-ethyl adjacent to an activating group) is 1. The van der Waals surface area contributed by atoms with Crippen LogP contribution in [0.1, 0.15) is 32.7 Å². The highest BCUT2D eigenvalue weighted by atomic mass is 32.2. The average molecular weight is 314 g/mol. The van der Waals surface area contributed by atoms with E-state index in [0.717, 1.165) is 31.9 Å². The fraction of sp³-hybridized carbons (Fsp3) is 0.769. The van der Waals surface area contributed by atoms with Crippen LogP contribution in [0.15, 0.2) is 5.16 Å². The molecule has 0 radical (unpaired) electrons. The maximum atomic E-state index is 10.7. The Kier molecular flexibility index (Phi) is 5.46. The third-order valence-electron chi connectivity index (χ3n) is 3.33. The number of carbonyl (C=O) groups is 1. The zero-order valence-electron chi connectivity index (χ0n) is 12.7. The van der Waals surface area contributed by atoms with Crippen molar-refractivity contribution in [3.8, 4) is 0 Å². The quantitative estimate of drug-likeness (QED) is 0.766. The first-order valence-corrected chi connectivity index (χ1v) is 8.09. The number of aromatic nitrogens is 3. The van der Waals surface area contributed by atoms with Crippen LogP contribution < -0.4 is 4.90 Å². The molecule has 1 aromatic heterocycles. The Hall–Kier alpha value is -1.28. The van der Waals surface area contributed by atoms with Gasteiger partial charge in [0.1, 0.15) is 0 Å². The number of nitrogens with zero attached hydrogens (tertiary/aromatic N) is 4. The molecule has 1 saturated heterocycles. The standard InChI is InChI=1S/C13H22N4O3S/c1-9(2)17-12(14-15-13(17)21-8-11(18)19)16(3)7-10-5-4-6-20-10/h9-10H,4-8H2,1-3H3,(H,18,19). The van der Waals surface area contributed by atoms with Crippen LogP contribution in [0.2, 0.25) is 0 Å². The number of carboxylic acids is 1. The van der Waals surface area contributed by atoms with E-state index in [1.807, 2.05) is 30.4 Å². The largest absolute Gasteiger partial charge is 0.481 e. The second kappa shape index (κ2) is 7.13. The fourth-order valence-electron chi connectivity index (χ4n) is 2.38. The maximum absolute atomic E-state index is 10.7. The van der Waals surface area contributed by atoms with Gasteiger partial charge in [0, 0.05) is 26.2 Å². The van der Waals surface area contributed by atoms with Crippen LogP contribution in [0.5, 0.6) is 0 Å². The minimum atomic E-state index is -0.854. The van der Waals surface area contributed by atoms with Gasteiger partial charge in [-0.3, -0.25) is 9.36 Å².